The molecule has 0 fully saturated rings. The molecular weight excluding hydrogens is 338 g/mol. The summed E-state index contributed by atoms with van der Waals surface area (Å²) in [7, 11) is 0. The van der Waals surface area contributed by atoms with Crippen molar-refractivity contribution in [3.63, 3.8) is 0 Å². The molecule has 21 heavy (non-hydrogen) atoms. The Bertz CT molecular complexity index is 816. The van der Waals surface area contributed by atoms with Crippen LogP contribution in [-0.4, -0.2) is 9.91 Å². The molecule has 0 saturated carbocycles. The van der Waals surface area contributed by atoms with E-state index in [9.17, 15) is 10.1 Å². The van der Waals surface area contributed by atoms with Crippen LogP contribution in [0.5, 0.6) is 0 Å². The van der Waals surface area contributed by atoms with Gasteiger partial charge < -0.3 is 9.73 Å². The number of halogens is 1. The van der Waals surface area contributed by atoms with Crippen molar-refractivity contribution < 1.29 is 9.34 Å². The molecule has 106 valence electrons. The van der Waals surface area contributed by atoms with E-state index in [1.54, 1.807) is 6.07 Å². The van der Waals surface area contributed by atoms with Crippen molar-refractivity contribution in [1.82, 2.24) is 4.98 Å². The number of oxazole rings is 1. The van der Waals surface area contributed by atoms with E-state index in [1.807, 2.05) is 24.3 Å². The summed E-state index contributed by atoms with van der Waals surface area (Å²) in [5.41, 5.74) is 2.02. The first-order chi connectivity index (χ1) is 10.1. The number of non-ortho nitro benzene ring substituents is 1. The minimum Gasteiger partial charge on any atom is -0.424 e. The van der Waals surface area contributed by atoms with Crippen molar-refractivity contribution in [2.24, 2.45) is 0 Å². The van der Waals surface area contributed by atoms with E-state index in [2.05, 4.69) is 26.2 Å². The quantitative estimate of drug-likeness (QED) is 0.567. The van der Waals surface area contributed by atoms with E-state index >= 15 is 0 Å². The van der Waals surface area contributed by atoms with Crippen LogP contribution < -0.4 is 5.32 Å². The van der Waals surface area contributed by atoms with E-state index < -0.39 is 4.92 Å². The number of hydrogen-bond acceptors (Lipinski definition) is 5. The third-order valence-corrected chi connectivity index (χ3v) is 3.74. The Kier molecular flexibility index (Phi) is 3.57. The summed E-state index contributed by atoms with van der Waals surface area (Å²) in [5, 5.41) is 13.8. The molecule has 3 rings (SSSR count). The Morgan fingerprint density at radius 2 is 2.10 bits per heavy atom. The van der Waals surface area contributed by atoms with Crippen molar-refractivity contribution in [1.29, 1.82) is 0 Å². The van der Waals surface area contributed by atoms with Crippen molar-refractivity contribution >= 4 is 38.7 Å². The molecule has 0 amide bonds. The number of nitrogens with zero attached hydrogens (tertiary/aromatic N) is 2. The van der Waals surface area contributed by atoms with Crippen LogP contribution in [0.15, 0.2) is 51.4 Å². The highest BCUT2D eigenvalue weighted by molar-refractivity contribution is 9.10. The molecule has 0 aliphatic carbocycles. The maximum Gasteiger partial charge on any atom is 0.295 e. The lowest BCUT2D eigenvalue weighted by molar-refractivity contribution is -0.384. The third kappa shape index (κ3) is 2.87. The number of nitrogens with one attached hydrogen (secondary N) is 1. The van der Waals surface area contributed by atoms with Crippen LogP contribution >= 0.6 is 15.9 Å². The van der Waals surface area contributed by atoms with Gasteiger partial charge in [0.15, 0.2) is 5.58 Å². The van der Waals surface area contributed by atoms with Gasteiger partial charge in [0.25, 0.3) is 11.7 Å². The normalized spacial score (nSPS) is 10.7. The molecule has 0 atom stereocenters. The molecule has 1 N–H and O–H groups in total. The fourth-order valence-electron chi connectivity index (χ4n) is 1.92. The molecule has 0 aliphatic rings. The second-order valence-corrected chi connectivity index (χ2v) is 5.23. The fourth-order valence-corrected chi connectivity index (χ4v) is 2.34. The highest BCUT2D eigenvalue weighted by atomic mass is 79.9. The summed E-state index contributed by atoms with van der Waals surface area (Å²) in [6, 6.07) is 12.5. The minimum absolute atomic E-state index is 0.00634. The van der Waals surface area contributed by atoms with Crippen LogP contribution in [0.1, 0.15) is 5.56 Å². The van der Waals surface area contributed by atoms with E-state index in [4.69, 9.17) is 4.42 Å². The van der Waals surface area contributed by atoms with Gasteiger partial charge in [-0.2, -0.15) is 4.98 Å². The molecule has 0 unspecified atom stereocenters. The second kappa shape index (κ2) is 5.53. The standard InChI is InChI=1S/C14H10BrN3O3/c15-11-4-2-1-3-9(11)8-16-14-17-12-7-10(18(19)20)5-6-13(12)21-14/h1-7H,8H2,(H,16,17). The van der Waals surface area contributed by atoms with Gasteiger partial charge in [-0.15, -0.1) is 0 Å². The third-order valence-electron chi connectivity index (χ3n) is 2.97. The first-order valence-electron chi connectivity index (χ1n) is 6.16. The Hall–Kier alpha value is -2.41. The number of benzene rings is 2. The van der Waals surface area contributed by atoms with Crippen molar-refractivity contribution in [3.05, 3.63) is 62.6 Å². The van der Waals surface area contributed by atoms with E-state index in [0.717, 1.165) is 10.0 Å². The number of fused-ring (bicyclic) bond motifs is 1. The van der Waals surface area contributed by atoms with Crippen molar-refractivity contribution in [2.75, 3.05) is 5.32 Å². The second-order valence-electron chi connectivity index (χ2n) is 4.37. The summed E-state index contributed by atoms with van der Waals surface area (Å²) >= 11 is 3.46. The lowest BCUT2D eigenvalue weighted by Crippen LogP contribution is -1.99. The fraction of sp³-hybridized carbons (Fsp3) is 0.0714. The van der Waals surface area contributed by atoms with Crippen molar-refractivity contribution in [3.8, 4) is 0 Å². The zero-order valence-corrected chi connectivity index (χ0v) is 12.3. The van der Waals surface area contributed by atoms with Gasteiger partial charge in [-0.1, -0.05) is 34.1 Å². The van der Waals surface area contributed by atoms with Gasteiger partial charge in [-0.25, -0.2) is 0 Å². The van der Waals surface area contributed by atoms with Crippen LogP contribution in [0, 0.1) is 10.1 Å². The van der Waals surface area contributed by atoms with Gasteiger partial charge in [0.1, 0.15) is 5.52 Å². The van der Waals surface area contributed by atoms with Crippen LogP contribution in [0.2, 0.25) is 0 Å². The average Bonchev–Trinajstić information content (AvgIpc) is 2.88. The molecule has 0 saturated heterocycles. The monoisotopic (exact) mass is 347 g/mol. The van der Waals surface area contributed by atoms with E-state index in [1.165, 1.54) is 12.1 Å². The number of nitro benzene ring substituents is 1. The number of anilines is 1. The first kappa shape index (κ1) is 13.6. The predicted octanol–water partition coefficient (Wildman–Crippen LogP) is 4.11. The summed E-state index contributed by atoms with van der Waals surface area (Å²) in [4.78, 5) is 14.5. The molecular formula is C14H10BrN3O3. The zero-order valence-electron chi connectivity index (χ0n) is 10.7. The summed E-state index contributed by atoms with van der Waals surface area (Å²) in [5.74, 6) is 0. The Balaban J connectivity index is 1.82. The van der Waals surface area contributed by atoms with Gasteiger partial charge >= 0.3 is 0 Å². The summed E-state index contributed by atoms with van der Waals surface area (Å²) in [6.45, 7) is 0.538. The maximum atomic E-state index is 10.7. The summed E-state index contributed by atoms with van der Waals surface area (Å²) in [6.07, 6.45) is 0. The lowest BCUT2D eigenvalue weighted by atomic mass is 10.2. The van der Waals surface area contributed by atoms with Crippen LogP contribution in [0.25, 0.3) is 11.1 Å². The van der Waals surface area contributed by atoms with Crippen LogP contribution in [0.4, 0.5) is 11.7 Å². The molecule has 0 aliphatic heterocycles. The Morgan fingerprint density at radius 1 is 1.29 bits per heavy atom. The molecule has 0 spiro atoms. The Labute approximate surface area is 128 Å². The first-order valence-corrected chi connectivity index (χ1v) is 6.95. The highest BCUT2D eigenvalue weighted by Crippen LogP contribution is 2.24. The predicted molar refractivity (Wildman–Crippen MR) is 82.1 cm³/mol. The molecule has 1 aromatic heterocycles. The molecule has 0 bridgehead atoms. The number of rotatable bonds is 4. The minimum atomic E-state index is -0.456. The molecule has 7 heteroatoms. The molecule has 3 aromatic rings. The molecule has 0 radical (unpaired) electrons. The van der Waals surface area contributed by atoms with Crippen LogP contribution in [0.3, 0.4) is 0 Å². The maximum absolute atomic E-state index is 10.7. The number of aromatic nitrogens is 1. The largest absolute Gasteiger partial charge is 0.424 e. The smallest absolute Gasteiger partial charge is 0.295 e. The van der Waals surface area contributed by atoms with Crippen LogP contribution in [-0.2, 0) is 6.54 Å². The molecule has 2 aromatic carbocycles. The van der Waals surface area contributed by atoms with Gasteiger partial charge in [-0.3, -0.25) is 10.1 Å². The van der Waals surface area contributed by atoms with Crippen molar-refractivity contribution in [2.45, 2.75) is 6.54 Å². The van der Waals surface area contributed by atoms with Gasteiger partial charge in [0, 0.05) is 23.2 Å². The average molecular weight is 348 g/mol. The SMILES string of the molecule is O=[N+]([O-])c1ccc2oc(NCc3ccccc3Br)nc2c1. The van der Waals surface area contributed by atoms with Gasteiger partial charge in [0.05, 0.1) is 4.92 Å². The molecule has 6 nitrogen and oxygen atoms in total. The highest BCUT2D eigenvalue weighted by Gasteiger charge is 2.11. The van der Waals surface area contributed by atoms with Gasteiger partial charge in [0.2, 0.25) is 0 Å². The number of hydrogen-bond donors (Lipinski definition) is 1. The summed E-state index contributed by atoms with van der Waals surface area (Å²) < 4.78 is 6.49. The zero-order chi connectivity index (χ0) is 14.8. The lowest BCUT2D eigenvalue weighted by Gasteiger charge is -2.03. The topological polar surface area (TPSA) is 81.2 Å². The molecule has 1 heterocycles. The Morgan fingerprint density at radius 3 is 2.86 bits per heavy atom. The van der Waals surface area contributed by atoms with Gasteiger partial charge in [-0.05, 0) is 17.7 Å². The number of nitro groups is 1. The van der Waals surface area contributed by atoms with E-state index in [0.29, 0.717) is 23.7 Å². The van der Waals surface area contributed by atoms with E-state index in [-0.39, 0.29) is 5.69 Å².